The van der Waals surface area contributed by atoms with E-state index in [0.29, 0.717) is 17.0 Å². The van der Waals surface area contributed by atoms with E-state index in [1.807, 2.05) is 19.9 Å². The van der Waals surface area contributed by atoms with Gasteiger partial charge in [0, 0.05) is 32.9 Å². The Morgan fingerprint density at radius 1 is 1.15 bits per heavy atom. The topological polar surface area (TPSA) is 58.6 Å². The van der Waals surface area contributed by atoms with Crippen molar-refractivity contribution in [2.45, 2.75) is 32.5 Å². The SMILES string of the molecule is CC(C)C1Oc2ccc(Br)cc2C(C(=O)Nc2ccccc2)N(Cc2ccc(Cl)cc2F)C1=O. The molecule has 2 atom stereocenters. The first-order chi connectivity index (χ1) is 16.2. The van der Waals surface area contributed by atoms with Crippen molar-refractivity contribution < 1.29 is 18.7 Å². The molecule has 0 bridgehead atoms. The molecule has 0 saturated heterocycles. The Morgan fingerprint density at radius 3 is 2.56 bits per heavy atom. The van der Waals surface area contributed by atoms with Gasteiger partial charge < -0.3 is 15.0 Å². The highest BCUT2D eigenvalue weighted by molar-refractivity contribution is 9.10. The Kier molecular flexibility index (Phi) is 7.24. The molecule has 1 aliphatic rings. The fourth-order valence-electron chi connectivity index (χ4n) is 3.92. The van der Waals surface area contributed by atoms with E-state index >= 15 is 0 Å². The number of rotatable bonds is 5. The summed E-state index contributed by atoms with van der Waals surface area (Å²) in [5.41, 5.74) is 1.34. The third-order valence-electron chi connectivity index (χ3n) is 5.61. The second-order valence-electron chi connectivity index (χ2n) is 8.42. The number of hydrogen-bond donors (Lipinski definition) is 1. The van der Waals surface area contributed by atoms with Gasteiger partial charge in [-0.3, -0.25) is 9.59 Å². The first-order valence-electron chi connectivity index (χ1n) is 10.8. The largest absolute Gasteiger partial charge is 0.480 e. The third kappa shape index (κ3) is 5.10. The smallest absolute Gasteiger partial charge is 0.265 e. The lowest BCUT2D eigenvalue weighted by Crippen LogP contribution is -2.46. The molecule has 8 heteroatoms. The number of anilines is 1. The lowest BCUT2D eigenvalue weighted by atomic mass is 10.0. The number of para-hydroxylation sites is 1. The zero-order valence-corrected chi connectivity index (χ0v) is 20.9. The number of benzene rings is 3. The van der Waals surface area contributed by atoms with Crippen molar-refractivity contribution in [3.63, 3.8) is 0 Å². The summed E-state index contributed by atoms with van der Waals surface area (Å²) in [6.07, 6.45) is -0.843. The molecular formula is C26H23BrClFN2O3. The molecule has 3 aromatic carbocycles. The predicted octanol–water partition coefficient (Wildman–Crippen LogP) is 6.37. The van der Waals surface area contributed by atoms with Crippen LogP contribution in [0.2, 0.25) is 5.02 Å². The molecule has 1 heterocycles. The Labute approximate surface area is 211 Å². The molecule has 5 nitrogen and oxygen atoms in total. The van der Waals surface area contributed by atoms with Gasteiger partial charge in [0.25, 0.3) is 11.8 Å². The van der Waals surface area contributed by atoms with Gasteiger partial charge in [-0.1, -0.05) is 65.6 Å². The van der Waals surface area contributed by atoms with Crippen molar-refractivity contribution in [3.8, 4) is 5.75 Å². The van der Waals surface area contributed by atoms with Crippen molar-refractivity contribution >= 4 is 45.0 Å². The monoisotopic (exact) mass is 544 g/mol. The summed E-state index contributed by atoms with van der Waals surface area (Å²) >= 11 is 9.38. The number of ether oxygens (including phenoxy) is 1. The highest BCUT2D eigenvalue weighted by Gasteiger charge is 2.42. The van der Waals surface area contributed by atoms with E-state index in [9.17, 15) is 14.0 Å². The minimum Gasteiger partial charge on any atom is -0.480 e. The van der Waals surface area contributed by atoms with Crippen LogP contribution in [0.25, 0.3) is 0 Å². The maximum atomic E-state index is 14.8. The van der Waals surface area contributed by atoms with E-state index in [1.165, 1.54) is 17.0 Å². The van der Waals surface area contributed by atoms with Crippen molar-refractivity contribution in [1.82, 2.24) is 4.90 Å². The molecule has 1 N–H and O–H groups in total. The van der Waals surface area contributed by atoms with E-state index in [0.717, 1.165) is 4.47 Å². The van der Waals surface area contributed by atoms with Crippen LogP contribution < -0.4 is 10.1 Å². The quantitative estimate of drug-likeness (QED) is 0.405. The van der Waals surface area contributed by atoms with Gasteiger partial charge >= 0.3 is 0 Å². The molecule has 0 aliphatic carbocycles. The van der Waals surface area contributed by atoms with Crippen LogP contribution in [0, 0.1) is 11.7 Å². The van der Waals surface area contributed by atoms with Crippen LogP contribution >= 0.6 is 27.5 Å². The average molecular weight is 546 g/mol. The molecule has 1 aliphatic heterocycles. The number of amides is 2. The van der Waals surface area contributed by atoms with Gasteiger partial charge in [0.1, 0.15) is 17.6 Å². The summed E-state index contributed by atoms with van der Waals surface area (Å²) in [6, 6.07) is 17.5. The maximum Gasteiger partial charge on any atom is 0.265 e. The van der Waals surface area contributed by atoms with Crippen LogP contribution in [0.1, 0.15) is 31.0 Å². The van der Waals surface area contributed by atoms with E-state index in [2.05, 4.69) is 21.2 Å². The first kappa shape index (κ1) is 24.2. The Balaban J connectivity index is 1.84. The van der Waals surface area contributed by atoms with Crippen LogP contribution in [0.4, 0.5) is 10.1 Å². The van der Waals surface area contributed by atoms with Crippen LogP contribution in [0.3, 0.4) is 0 Å². The van der Waals surface area contributed by atoms with Gasteiger partial charge in [-0.05, 0) is 48.4 Å². The van der Waals surface area contributed by atoms with Gasteiger partial charge in [-0.25, -0.2) is 4.39 Å². The number of nitrogens with one attached hydrogen (secondary N) is 1. The van der Waals surface area contributed by atoms with Gasteiger partial charge in [-0.2, -0.15) is 0 Å². The number of hydrogen-bond acceptors (Lipinski definition) is 3. The molecule has 0 fully saturated rings. The summed E-state index contributed by atoms with van der Waals surface area (Å²) in [5, 5.41) is 3.13. The van der Waals surface area contributed by atoms with Crippen molar-refractivity contribution in [2.24, 2.45) is 5.92 Å². The molecule has 0 aromatic heterocycles. The second-order valence-corrected chi connectivity index (χ2v) is 9.78. The molecule has 4 rings (SSSR count). The molecule has 0 radical (unpaired) electrons. The molecule has 34 heavy (non-hydrogen) atoms. The van der Waals surface area contributed by atoms with Crippen LogP contribution in [0.5, 0.6) is 5.75 Å². The van der Waals surface area contributed by atoms with E-state index in [4.69, 9.17) is 16.3 Å². The van der Waals surface area contributed by atoms with Crippen LogP contribution in [-0.4, -0.2) is 22.8 Å². The lowest BCUT2D eigenvalue weighted by Gasteiger charge is -2.31. The molecule has 3 aromatic rings. The summed E-state index contributed by atoms with van der Waals surface area (Å²) < 4.78 is 21.6. The lowest BCUT2D eigenvalue weighted by molar-refractivity contribution is -0.146. The number of carbonyl (C=O) groups is 2. The molecule has 176 valence electrons. The van der Waals surface area contributed by atoms with E-state index in [1.54, 1.807) is 48.5 Å². The van der Waals surface area contributed by atoms with Crippen molar-refractivity contribution in [2.75, 3.05) is 5.32 Å². The summed E-state index contributed by atoms with van der Waals surface area (Å²) in [6.45, 7) is 3.60. The van der Waals surface area contributed by atoms with Gasteiger partial charge in [0.2, 0.25) is 0 Å². The fourth-order valence-corrected chi connectivity index (χ4v) is 4.46. The molecule has 0 saturated carbocycles. The average Bonchev–Trinajstić information content (AvgIpc) is 2.91. The minimum atomic E-state index is -1.06. The Hall–Kier alpha value is -2.90. The first-order valence-corrected chi connectivity index (χ1v) is 12.0. The number of carbonyl (C=O) groups excluding carboxylic acids is 2. The summed E-state index contributed by atoms with van der Waals surface area (Å²) in [4.78, 5) is 28.8. The predicted molar refractivity (Wildman–Crippen MR) is 133 cm³/mol. The highest BCUT2D eigenvalue weighted by atomic mass is 79.9. The maximum absolute atomic E-state index is 14.8. The Morgan fingerprint density at radius 2 is 1.88 bits per heavy atom. The zero-order chi connectivity index (χ0) is 24.4. The van der Waals surface area contributed by atoms with Gasteiger partial charge in [-0.15, -0.1) is 0 Å². The molecule has 0 spiro atoms. The van der Waals surface area contributed by atoms with Crippen molar-refractivity contribution in [3.05, 3.63) is 93.2 Å². The minimum absolute atomic E-state index is 0.132. The van der Waals surface area contributed by atoms with Crippen LogP contribution in [0.15, 0.2) is 71.2 Å². The fraction of sp³-hybridized carbons (Fsp3) is 0.231. The number of fused-ring (bicyclic) bond motifs is 1. The Bertz CT molecular complexity index is 1220. The molecule has 2 unspecified atom stereocenters. The molecule has 2 amide bonds. The van der Waals surface area contributed by atoms with Gasteiger partial charge in [0.15, 0.2) is 6.10 Å². The van der Waals surface area contributed by atoms with E-state index < -0.39 is 29.8 Å². The summed E-state index contributed by atoms with van der Waals surface area (Å²) in [7, 11) is 0. The summed E-state index contributed by atoms with van der Waals surface area (Å²) in [5.74, 6) is -1.13. The second kappa shape index (κ2) is 10.2. The van der Waals surface area contributed by atoms with Crippen molar-refractivity contribution in [1.29, 1.82) is 0 Å². The van der Waals surface area contributed by atoms with Gasteiger partial charge in [0.05, 0.1) is 0 Å². The highest BCUT2D eigenvalue weighted by Crippen LogP contribution is 2.39. The standard InChI is InChI=1S/C26H23BrClFN2O3/c1-15(2)24-26(33)31(14-16-8-10-18(28)13-21(16)29)23(20-12-17(27)9-11-22(20)34-24)25(32)30-19-6-4-3-5-7-19/h3-13,15,23-24H,14H2,1-2H3,(H,30,32). The third-order valence-corrected chi connectivity index (χ3v) is 6.34. The zero-order valence-electron chi connectivity index (χ0n) is 18.6. The molecular weight excluding hydrogens is 523 g/mol. The normalized spacial score (nSPS) is 17.7. The van der Waals surface area contributed by atoms with Crippen LogP contribution in [-0.2, 0) is 16.1 Å². The number of nitrogens with zero attached hydrogens (tertiary/aromatic N) is 1. The number of halogens is 3. The van der Waals surface area contributed by atoms with E-state index in [-0.39, 0.29) is 23.0 Å².